The molecule has 3 rings (SSSR count). The van der Waals surface area contributed by atoms with E-state index in [-0.39, 0.29) is 18.3 Å². The molecule has 3 heterocycles. The van der Waals surface area contributed by atoms with Crippen molar-refractivity contribution in [2.45, 2.75) is 19.8 Å². The number of ether oxygens (including phenoxy) is 1. The predicted octanol–water partition coefficient (Wildman–Crippen LogP) is 3.30. The van der Waals surface area contributed by atoms with E-state index in [1.807, 2.05) is 5.38 Å². The number of thiazole rings is 1. The third-order valence-electron chi connectivity index (χ3n) is 4.04. The molecular formula is C15H20ClN3O2S2. The van der Waals surface area contributed by atoms with Gasteiger partial charge >= 0.3 is 0 Å². The van der Waals surface area contributed by atoms with Crippen LogP contribution >= 0.6 is 35.1 Å². The minimum atomic E-state index is -0.524. The van der Waals surface area contributed by atoms with Gasteiger partial charge in [-0.1, -0.05) is 0 Å². The van der Waals surface area contributed by atoms with Crippen molar-refractivity contribution in [3.8, 4) is 10.6 Å². The van der Waals surface area contributed by atoms with Crippen LogP contribution in [0.25, 0.3) is 10.6 Å². The first-order valence-electron chi connectivity index (χ1n) is 7.25. The average molecular weight is 374 g/mol. The van der Waals surface area contributed by atoms with Crippen molar-refractivity contribution in [1.82, 2.24) is 4.98 Å². The Kier molecular flexibility index (Phi) is 6.16. The topological polar surface area (TPSA) is 77.2 Å². The summed E-state index contributed by atoms with van der Waals surface area (Å²) in [5.41, 5.74) is 6.25. The number of rotatable bonds is 4. The van der Waals surface area contributed by atoms with Crippen LogP contribution in [-0.4, -0.2) is 30.6 Å². The zero-order valence-corrected chi connectivity index (χ0v) is 15.3. The smallest absolute Gasteiger partial charge is 0.233 e. The van der Waals surface area contributed by atoms with E-state index in [2.05, 4.69) is 29.4 Å². The zero-order valence-electron chi connectivity index (χ0n) is 12.8. The molecule has 1 aliphatic heterocycles. The van der Waals surface area contributed by atoms with Crippen LogP contribution in [0.5, 0.6) is 0 Å². The number of anilines is 1. The number of nitrogens with zero attached hydrogens (tertiary/aromatic N) is 1. The molecule has 3 N–H and O–H groups in total. The predicted molar refractivity (Wildman–Crippen MR) is 97.6 cm³/mol. The number of aryl methyl sites for hydroxylation is 1. The van der Waals surface area contributed by atoms with Crippen molar-refractivity contribution in [3.63, 3.8) is 0 Å². The van der Waals surface area contributed by atoms with E-state index in [0.717, 1.165) is 10.6 Å². The molecule has 1 saturated heterocycles. The molecule has 2 aromatic rings. The normalized spacial score (nSPS) is 16.6. The number of amides is 1. The Morgan fingerprint density at radius 1 is 1.43 bits per heavy atom. The SMILES string of the molecule is Cc1ccc(-c2csc(NC(=O)C3(CN)CCOCC3)n2)s1.Cl. The lowest BCUT2D eigenvalue weighted by Crippen LogP contribution is -2.46. The Labute approximate surface area is 149 Å². The zero-order chi connectivity index (χ0) is 15.6. The van der Waals surface area contributed by atoms with Gasteiger partial charge in [0.15, 0.2) is 5.13 Å². The van der Waals surface area contributed by atoms with Crippen LogP contribution in [0.2, 0.25) is 0 Å². The van der Waals surface area contributed by atoms with Gasteiger partial charge in [-0.25, -0.2) is 4.98 Å². The van der Waals surface area contributed by atoms with E-state index in [1.54, 1.807) is 11.3 Å². The summed E-state index contributed by atoms with van der Waals surface area (Å²) in [6, 6.07) is 4.13. The highest BCUT2D eigenvalue weighted by Gasteiger charge is 2.39. The summed E-state index contributed by atoms with van der Waals surface area (Å²) in [4.78, 5) is 19.5. The standard InChI is InChI=1S/C15H19N3O2S2.ClH/c1-10-2-3-12(22-10)11-8-21-14(17-11)18-13(19)15(9-16)4-6-20-7-5-15;/h2-3,8H,4-7,9,16H2,1H3,(H,17,18,19);1H. The Morgan fingerprint density at radius 2 is 2.17 bits per heavy atom. The highest BCUT2D eigenvalue weighted by molar-refractivity contribution is 7.17. The lowest BCUT2D eigenvalue weighted by molar-refractivity contribution is -0.130. The van der Waals surface area contributed by atoms with Crippen LogP contribution in [0, 0.1) is 12.3 Å². The maximum atomic E-state index is 12.6. The van der Waals surface area contributed by atoms with Crippen molar-refractivity contribution >= 4 is 46.1 Å². The first-order valence-corrected chi connectivity index (χ1v) is 8.94. The van der Waals surface area contributed by atoms with Gasteiger partial charge < -0.3 is 15.8 Å². The lowest BCUT2D eigenvalue weighted by atomic mass is 9.79. The summed E-state index contributed by atoms with van der Waals surface area (Å²) >= 11 is 3.15. The van der Waals surface area contributed by atoms with Gasteiger partial charge in [-0.2, -0.15) is 0 Å². The summed E-state index contributed by atoms with van der Waals surface area (Å²) in [7, 11) is 0. The van der Waals surface area contributed by atoms with Gasteiger partial charge in [-0.3, -0.25) is 4.79 Å². The van der Waals surface area contributed by atoms with E-state index < -0.39 is 5.41 Å². The Bertz CT molecular complexity index is 665. The third kappa shape index (κ3) is 3.92. The number of hydrogen-bond acceptors (Lipinski definition) is 6. The molecule has 0 spiro atoms. The Balaban J connectivity index is 0.00000192. The van der Waals surface area contributed by atoms with Crippen LogP contribution in [0.1, 0.15) is 17.7 Å². The second-order valence-corrected chi connectivity index (χ2v) is 7.65. The van der Waals surface area contributed by atoms with Crippen molar-refractivity contribution in [3.05, 3.63) is 22.4 Å². The summed E-state index contributed by atoms with van der Waals surface area (Å²) in [5.74, 6) is -0.0402. The second kappa shape index (κ2) is 7.72. The molecule has 1 aliphatic rings. The Morgan fingerprint density at radius 3 is 2.78 bits per heavy atom. The molecule has 0 aliphatic carbocycles. The highest BCUT2D eigenvalue weighted by Crippen LogP contribution is 2.33. The molecule has 1 fully saturated rings. The van der Waals surface area contributed by atoms with Crippen LogP contribution in [-0.2, 0) is 9.53 Å². The van der Waals surface area contributed by atoms with E-state index in [9.17, 15) is 4.79 Å². The number of carbonyl (C=O) groups excluding carboxylic acids is 1. The molecule has 0 radical (unpaired) electrons. The average Bonchev–Trinajstić information content (AvgIpc) is 3.17. The number of nitrogens with one attached hydrogen (secondary N) is 1. The lowest BCUT2D eigenvalue weighted by Gasteiger charge is -2.34. The number of thiophene rings is 1. The van der Waals surface area contributed by atoms with Crippen molar-refractivity contribution in [2.24, 2.45) is 11.1 Å². The van der Waals surface area contributed by atoms with Crippen molar-refractivity contribution in [2.75, 3.05) is 25.1 Å². The summed E-state index contributed by atoms with van der Waals surface area (Å²) < 4.78 is 5.34. The van der Waals surface area contributed by atoms with Crippen LogP contribution in [0.15, 0.2) is 17.5 Å². The minimum absolute atomic E-state index is 0. The number of halogens is 1. The van der Waals surface area contributed by atoms with E-state index >= 15 is 0 Å². The maximum Gasteiger partial charge on any atom is 0.233 e. The fourth-order valence-corrected chi connectivity index (χ4v) is 4.14. The number of nitrogens with two attached hydrogens (primary N) is 1. The molecule has 23 heavy (non-hydrogen) atoms. The van der Waals surface area contributed by atoms with Gasteiger partial charge in [0, 0.05) is 30.0 Å². The fraction of sp³-hybridized carbons (Fsp3) is 0.467. The van der Waals surface area contributed by atoms with E-state index in [0.29, 0.717) is 37.7 Å². The summed E-state index contributed by atoms with van der Waals surface area (Å²) in [6.45, 7) is 3.58. The van der Waals surface area contributed by atoms with Gasteiger partial charge in [0.1, 0.15) is 0 Å². The largest absolute Gasteiger partial charge is 0.381 e. The van der Waals surface area contributed by atoms with Gasteiger partial charge in [-0.05, 0) is 31.9 Å². The quantitative estimate of drug-likeness (QED) is 0.862. The molecular weight excluding hydrogens is 354 g/mol. The molecule has 8 heteroatoms. The number of hydrogen-bond donors (Lipinski definition) is 2. The third-order valence-corrected chi connectivity index (χ3v) is 5.82. The first kappa shape index (κ1) is 18.4. The van der Waals surface area contributed by atoms with Gasteiger partial charge in [0.05, 0.1) is 16.0 Å². The molecule has 1 amide bonds. The molecule has 2 aromatic heterocycles. The second-order valence-electron chi connectivity index (χ2n) is 5.50. The van der Waals surface area contributed by atoms with Crippen molar-refractivity contribution in [1.29, 1.82) is 0 Å². The summed E-state index contributed by atoms with van der Waals surface area (Å²) in [5, 5.41) is 5.54. The monoisotopic (exact) mass is 373 g/mol. The van der Waals surface area contributed by atoms with Crippen LogP contribution in [0.3, 0.4) is 0 Å². The number of carbonyl (C=O) groups is 1. The maximum absolute atomic E-state index is 12.6. The molecule has 0 unspecified atom stereocenters. The molecule has 0 aromatic carbocycles. The van der Waals surface area contributed by atoms with Gasteiger partial charge in [-0.15, -0.1) is 35.1 Å². The number of aromatic nitrogens is 1. The fourth-order valence-electron chi connectivity index (χ4n) is 2.53. The molecule has 0 bridgehead atoms. The van der Waals surface area contributed by atoms with Crippen LogP contribution < -0.4 is 11.1 Å². The minimum Gasteiger partial charge on any atom is -0.381 e. The molecule has 126 valence electrons. The van der Waals surface area contributed by atoms with Crippen LogP contribution in [0.4, 0.5) is 5.13 Å². The first-order chi connectivity index (χ1) is 10.6. The summed E-state index contributed by atoms with van der Waals surface area (Å²) in [6.07, 6.45) is 1.33. The van der Waals surface area contributed by atoms with E-state index in [1.165, 1.54) is 16.2 Å². The molecule has 0 atom stereocenters. The molecule has 0 saturated carbocycles. The van der Waals surface area contributed by atoms with Gasteiger partial charge in [0.2, 0.25) is 5.91 Å². The molecule has 5 nitrogen and oxygen atoms in total. The Hall–Kier alpha value is -0.990. The highest BCUT2D eigenvalue weighted by atomic mass is 35.5. The van der Waals surface area contributed by atoms with Crippen molar-refractivity contribution < 1.29 is 9.53 Å². The van der Waals surface area contributed by atoms with E-state index in [4.69, 9.17) is 10.5 Å². The van der Waals surface area contributed by atoms with Gasteiger partial charge in [0.25, 0.3) is 0 Å².